The number of hydrogen-bond acceptors (Lipinski definition) is 5. The second-order valence-corrected chi connectivity index (χ2v) is 4.29. The third-order valence-electron chi connectivity index (χ3n) is 1.92. The van der Waals surface area contributed by atoms with Crippen molar-refractivity contribution in [3.63, 3.8) is 0 Å². The minimum Gasteiger partial charge on any atom is -0.508 e. The van der Waals surface area contributed by atoms with Crippen LogP contribution in [0.4, 0.5) is 0 Å². The van der Waals surface area contributed by atoms with E-state index in [1.807, 2.05) is 13.0 Å². The maximum Gasteiger partial charge on any atom is 0.147 e. The molecule has 3 N–H and O–H groups in total. The number of nitrogens with two attached hydrogens (primary N) is 1. The molecule has 1 aromatic heterocycles. The minimum atomic E-state index is -0.103. The zero-order valence-corrected chi connectivity index (χ0v) is 9.03. The average molecular weight is 221 g/mol. The largest absolute Gasteiger partial charge is 0.508 e. The average Bonchev–Trinajstić information content (AvgIpc) is 2.66. The summed E-state index contributed by atoms with van der Waals surface area (Å²) < 4.78 is 0. The van der Waals surface area contributed by atoms with Crippen LogP contribution in [0.15, 0.2) is 24.3 Å². The molecular weight excluding hydrogens is 210 g/mol. The van der Waals surface area contributed by atoms with Gasteiger partial charge in [-0.2, -0.15) is 0 Å². The van der Waals surface area contributed by atoms with Gasteiger partial charge in [0.15, 0.2) is 0 Å². The zero-order valence-electron chi connectivity index (χ0n) is 8.21. The van der Waals surface area contributed by atoms with Crippen LogP contribution in [0.25, 0.3) is 10.6 Å². The number of rotatable bonds is 2. The lowest BCUT2D eigenvalue weighted by atomic mass is 10.2. The summed E-state index contributed by atoms with van der Waals surface area (Å²) in [5, 5.41) is 18.9. The Balaban J connectivity index is 2.37. The smallest absolute Gasteiger partial charge is 0.147 e. The van der Waals surface area contributed by atoms with Crippen LogP contribution in [0.5, 0.6) is 5.75 Å². The summed E-state index contributed by atoms with van der Waals surface area (Å²) in [5.41, 5.74) is 6.55. The molecule has 2 aromatic rings. The minimum absolute atomic E-state index is 0.103. The van der Waals surface area contributed by atoms with E-state index < -0.39 is 0 Å². The van der Waals surface area contributed by atoms with Gasteiger partial charge in [0.25, 0.3) is 0 Å². The van der Waals surface area contributed by atoms with Gasteiger partial charge in [-0.15, -0.1) is 10.2 Å². The first kappa shape index (κ1) is 10.1. The summed E-state index contributed by atoms with van der Waals surface area (Å²) in [7, 11) is 0. The molecule has 0 saturated heterocycles. The first-order valence-corrected chi connectivity index (χ1v) is 5.37. The van der Waals surface area contributed by atoms with Crippen LogP contribution >= 0.6 is 11.3 Å². The number of phenolic OH excluding ortho intramolecular Hbond substituents is 1. The maximum atomic E-state index is 9.32. The van der Waals surface area contributed by atoms with E-state index in [9.17, 15) is 5.11 Å². The highest BCUT2D eigenvalue weighted by atomic mass is 32.1. The Labute approximate surface area is 91.4 Å². The SMILES string of the molecule is CC(N)c1nnc(-c2cccc(O)c2)s1. The molecule has 4 nitrogen and oxygen atoms in total. The number of benzene rings is 1. The Morgan fingerprint density at radius 2 is 2.20 bits per heavy atom. The van der Waals surface area contributed by atoms with Crippen molar-refractivity contribution in [3.8, 4) is 16.3 Å². The summed E-state index contributed by atoms with van der Waals surface area (Å²) in [6.45, 7) is 1.87. The molecule has 0 bridgehead atoms. The molecule has 2 rings (SSSR count). The summed E-state index contributed by atoms with van der Waals surface area (Å²) in [6, 6.07) is 6.83. The van der Waals surface area contributed by atoms with Crippen molar-refractivity contribution >= 4 is 11.3 Å². The van der Waals surface area contributed by atoms with Gasteiger partial charge in [0.1, 0.15) is 15.8 Å². The number of hydrogen-bond donors (Lipinski definition) is 2. The van der Waals surface area contributed by atoms with E-state index in [1.165, 1.54) is 11.3 Å². The van der Waals surface area contributed by atoms with Crippen molar-refractivity contribution < 1.29 is 5.11 Å². The van der Waals surface area contributed by atoms with E-state index in [4.69, 9.17) is 5.73 Å². The van der Waals surface area contributed by atoms with Crippen molar-refractivity contribution in [2.75, 3.05) is 0 Å². The van der Waals surface area contributed by atoms with Gasteiger partial charge < -0.3 is 10.8 Å². The van der Waals surface area contributed by atoms with Crippen LogP contribution in [0.3, 0.4) is 0 Å². The molecule has 0 radical (unpaired) electrons. The van der Waals surface area contributed by atoms with Gasteiger partial charge in [0.2, 0.25) is 0 Å². The quantitative estimate of drug-likeness (QED) is 0.812. The van der Waals surface area contributed by atoms with Crippen molar-refractivity contribution in [1.29, 1.82) is 0 Å². The topological polar surface area (TPSA) is 72.0 Å². The van der Waals surface area contributed by atoms with Gasteiger partial charge in [-0.25, -0.2) is 0 Å². The van der Waals surface area contributed by atoms with Crippen LogP contribution in [0.1, 0.15) is 18.0 Å². The van der Waals surface area contributed by atoms with E-state index in [1.54, 1.807) is 18.2 Å². The number of aromatic hydroxyl groups is 1. The fourth-order valence-corrected chi connectivity index (χ4v) is 1.97. The molecule has 0 aliphatic heterocycles. The van der Waals surface area contributed by atoms with E-state index in [-0.39, 0.29) is 11.8 Å². The van der Waals surface area contributed by atoms with Gasteiger partial charge in [-0.05, 0) is 19.1 Å². The molecule has 15 heavy (non-hydrogen) atoms. The highest BCUT2D eigenvalue weighted by Gasteiger charge is 2.09. The fourth-order valence-electron chi connectivity index (χ4n) is 1.17. The molecule has 1 unspecified atom stereocenters. The third-order valence-corrected chi connectivity index (χ3v) is 3.10. The van der Waals surface area contributed by atoms with Crippen molar-refractivity contribution in [1.82, 2.24) is 10.2 Å². The van der Waals surface area contributed by atoms with Gasteiger partial charge >= 0.3 is 0 Å². The molecule has 0 fully saturated rings. The molecule has 0 aliphatic carbocycles. The fraction of sp³-hybridized carbons (Fsp3) is 0.200. The van der Waals surface area contributed by atoms with E-state index in [2.05, 4.69) is 10.2 Å². The molecule has 1 atom stereocenters. The normalized spacial score (nSPS) is 12.7. The third kappa shape index (κ3) is 2.14. The first-order chi connectivity index (χ1) is 7.16. The summed E-state index contributed by atoms with van der Waals surface area (Å²) in [5.74, 6) is 0.227. The number of nitrogens with zero attached hydrogens (tertiary/aromatic N) is 2. The molecule has 0 amide bonds. The van der Waals surface area contributed by atoms with Gasteiger partial charge in [0.05, 0.1) is 6.04 Å². The molecule has 0 saturated carbocycles. The standard InChI is InChI=1S/C10H11N3OS/c1-6(11)9-12-13-10(15-9)7-3-2-4-8(14)5-7/h2-6,14H,11H2,1H3. The first-order valence-electron chi connectivity index (χ1n) is 4.55. The Morgan fingerprint density at radius 3 is 2.80 bits per heavy atom. The maximum absolute atomic E-state index is 9.32. The number of phenols is 1. The van der Waals surface area contributed by atoms with Crippen molar-refractivity contribution in [3.05, 3.63) is 29.3 Å². The van der Waals surface area contributed by atoms with E-state index in [0.29, 0.717) is 0 Å². The molecular formula is C10H11N3OS. The van der Waals surface area contributed by atoms with Gasteiger partial charge in [0, 0.05) is 5.56 Å². The molecule has 78 valence electrons. The predicted molar refractivity (Wildman–Crippen MR) is 59.6 cm³/mol. The second-order valence-electron chi connectivity index (χ2n) is 3.28. The van der Waals surface area contributed by atoms with Crippen LogP contribution in [0.2, 0.25) is 0 Å². The number of aromatic nitrogens is 2. The van der Waals surface area contributed by atoms with Crippen LogP contribution < -0.4 is 5.73 Å². The van der Waals surface area contributed by atoms with Gasteiger partial charge in [-0.1, -0.05) is 23.5 Å². The monoisotopic (exact) mass is 221 g/mol. The molecule has 1 aromatic carbocycles. The Morgan fingerprint density at radius 1 is 1.40 bits per heavy atom. The lowest BCUT2D eigenvalue weighted by molar-refractivity contribution is 0.475. The highest BCUT2D eigenvalue weighted by molar-refractivity contribution is 7.14. The Bertz CT molecular complexity index is 467. The van der Waals surface area contributed by atoms with Crippen molar-refractivity contribution in [2.45, 2.75) is 13.0 Å². The summed E-state index contributed by atoms with van der Waals surface area (Å²) in [4.78, 5) is 0. The van der Waals surface area contributed by atoms with Crippen LogP contribution in [0, 0.1) is 0 Å². The Hall–Kier alpha value is -1.46. The lowest BCUT2D eigenvalue weighted by Crippen LogP contribution is -2.03. The molecule has 5 heteroatoms. The van der Waals surface area contributed by atoms with Crippen molar-refractivity contribution in [2.24, 2.45) is 5.73 Å². The van der Waals surface area contributed by atoms with Gasteiger partial charge in [-0.3, -0.25) is 0 Å². The predicted octanol–water partition coefficient (Wildman–Crippen LogP) is 1.93. The summed E-state index contributed by atoms with van der Waals surface area (Å²) in [6.07, 6.45) is 0. The second kappa shape index (κ2) is 3.96. The molecule has 1 heterocycles. The van der Waals surface area contributed by atoms with E-state index in [0.717, 1.165) is 15.6 Å². The molecule has 0 spiro atoms. The molecule has 0 aliphatic rings. The van der Waals surface area contributed by atoms with E-state index >= 15 is 0 Å². The zero-order chi connectivity index (χ0) is 10.8. The lowest BCUT2D eigenvalue weighted by Gasteiger charge is -1.96. The van der Waals surface area contributed by atoms with Crippen LogP contribution in [-0.4, -0.2) is 15.3 Å². The van der Waals surface area contributed by atoms with Crippen LogP contribution in [-0.2, 0) is 0 Å². The Kier molecular flexibility index (Phi) is 2.66. The highest BCUT2D eigenvalue weighted by Crippen LogP contribution is 2.27. The summed E-state index contributed by atoms with van der Waals surface area (Å²) >= 11 is 1.44.